The lowest BCUT2D eigenvalue weighted by Gasteiger charge is -2.09. The molecule has 0 aliphatic rings. The van der Waals surface area contributed by atoms with Gasteiger partial charge in [0.15, 0.2) is 6.61 Å². The SMILES string of the molecule is CCOC(=O)c1sc(NC(=O)COc2ccc(C)cc2C)c(C#N)c1C. The Morgan fingerprint density at radius 3 is 2.62 bits per heavy atom. The van der Waals surface area contributed by atoms with Crippen LogP contribution in [0.5, 0.6) is 5.75 Å². The van der Waals surface area contributed by atoms with Crippen LogP contribution in [0.4, 0.5) is 5.00 Å². The van der Waals surface area contributed by atoms with Gasteiger partial charge in [-0.15, -0.1) is 11.3 Å². The first-order valence-electron chi connectivity index (χ1n) is 8.07. The molecule has 0 radical (unpaired) electrons. The van der Waals surface area contributed by atoms with Crippen LogP contribution < -0.4 is 10.1 Å². The number of carbonyl (C=O) groups excluding carboxylic acids is 2. The number of rotatable bonds is 6. The molecule has 0 aliphatic heterocycles. The summed E-state index contributed by atoms with van der Waals surface area (Å²) in [7, 11) is 0. The number of hydrogen-bond acceptors (Lipinski definition) is 6. The number of nitrogens with zero attached hydrogens (tertiary/aromatic N) is 1. The Balaban J connectivity index is 2.10. The van der Waals surface area contributed by atoms with Crippen molar-refractivity contribution in [1.82, 2.24) is 0 Å². The maximum absolute atomic E-state index is 12.2. The number of ether oxygens (including phenoxy) is 2. The Morgan fingerprint density at radius 1 is 1.27 bits per heavy atom. The van der Waals surface area contributed by atoms with Crippen molar-refractivity contribution >= 4 is 28.2 Å². The van der Waals surface area contributed by atoms with Crippen molar-refractivity contribution in [3.63, 3.8) is 0 Å². The molecule has 0 fully saturated rings. The number of hydrogen-bond donors (Lipinski definition) is 1. The summed E-state index contributed by atoms with van der Waals surface area (Å²) >= 11 is 1.03. The van der Waals surface area contributed by atoms with Gasteiger partial charge in [-0.3, -0.25) is 4.79 Å². The number of amides is 1. The van der Waals surface area contributed by atoms with Gasteiger partial charge >= 0.3 is 5.97 Å². The van der Waals surface area contributed by atoms with E-state index in [1.54, 1.807) is 13.8 Å². The van der Waals surface area contributed by atoms with Gasteiger partial charge in [0.1, 0.15) is 21.7 Å². The molecule has 1 amide bonds. The smallest absolute Gasteiger partial charge is 0.348 e. The molecule has 2 aromatic rings. The predicted molar refractivity (Wildman–Crippen MR) is 99.8 cm³/mol. The fraction of sp³-hybridized carbons (Fsp3) is 0.316. The average Bonchev–Trinajstić information content (AvgIpc) is 2.89. The Bertz CT molecular complexity index is 880. The Kier molecular flexibility index (Phi) is 6.36. The van der Waals surface area contributed by atoms with Crippen LogP contribution in [0, 0.1) is 32.1 Å². The fourth-order valence-corrected chi connectivity index (χ4v) is 3.46. The molecule has 0 unspecified atom stereocenters. The molecular formula is C19H20N2O4S. The molecule has 0 saturated carbocycles. The van der Waals surface area contributed by atoms with E-state index in [2.05, 4.69) is 5.32 Å². The van der Waals surface area contributed by atoms with E-state index in [9.17, 15) is 14.9 Å². The summed E-state index contributed by atoms with van der Waals surface area (Å²) in [5.41, 5.74) is 2.81. The Labute approximate surface area is 156 Å². The summed E-state index contributed by atoms with van der Waals surface area (Å²) in [6.07, 6.45) is 0. The van der Waals surface area contributed by atoms with Gasteiger partial charge in [0.05, 0.1) is 12.2 Å². The highest BCUT2D eigenvalue weighted by Gasteiger charge is 2.22. The van der Waals surface area contributed by atoms with E-state index in [-0.39, 0.29) is 18.8 Å². The van der Waals surface area contributed by atoms with E-state index in [0.717, 1.165) is 22.5 Å². The van der Waals surface area contributed by atoms with Gasteiger partial charge in [0, 0.05) is 0 Å². The molecule has 1 heterocycles. The lowest BCUT2D eigenvalue weighted by atomic mass is 10.1. The maximum Gasteiger partial charge on any atom is 0.348 e. The standard InChI is InChI=1S/C19H20N2O4S/c1-5-24-19(23)17-13(4)14(9-20)18(26-17)21-16(22)10-25-15-7-6-11(2)8-12(15)3/h6-8H,5,10H2,1-4H3,(H,21,22). The van der Waals surface area contributed by atoms with Crippen LogP contribution in [0.2, 0.25) is 0 Å². The molecular weight excluding hydrogens is 352 g/mol. The first-order chi connectivity index (χ1) is 12.4. The summed E-state index contributed by atoms with van der Waals surface area (Å²) in [4.78, 5) is 24.5. The molecule has 0 saturated heterocycles. The molecule has 6 nitrogen and oxygen atoms in total. The van der Waals surface area contributed by atoms with Crippen molar-refractivity contribution in [2.75, 3.05) is 18.5 Å². The number of anilines is 1. The Morgan fingerprint density at radius 2 is 2.00 bits per heavy atom. The fourth-order valence-electron chi connectivity index (χ4n) is 2.39. The average molecular weight is 372 g/mol. The van der Waals surface area contributed by atoms with Crippen LogP contribution in [0.3, 0.4) is 0 Å². The number of aryl methyl sites for hydroxylation is 2. The molecule has 0 bridgehead atoms. The van der Waals surface area contributed by atoms with Crippen LogP contribution in [-0.2, 0) is 9.53 Å². The molecule has 0 aliphatic carbocycles. The van der Waals surface area contributed by atoms with Crippen molar-refractivity contribution in [2.24, 2.45) is 0 Å². The third kappa shape index (κ3) is 4.41. The summed E-state index contributed by atoms with van der Waals surface area (Å²) in [6.45, 7) is 7.29. The highest BCUT2D eigenvalue weighted by molar-refractivity contribution is 7.18. The number of nitrogens with one attached hydrogen (secondary N) is 1. The van der Waals surface area contributed by atoms with E-state index < -0.39 is 11.9 Å². The predicted octanol–water partition coefficient (Wildman–Crippen LogP) is 3.74. The van der Waals surface area contributed by atoms with Crippen molar-refractivity contribution in [3.05, 3.63) is 45.3 Å². The maximum atomic E-state index is 12.2. The minimum absolute atomic E-state index is 0.194. The van der Waals surface area contributed by atoms with Gasteiger partial charge in [0.2, 0.25) is 0 Å². The van der Waals surface area contributed by atoms with E-state index in [1.807, 2.05) is 38.1 Å². The van der Waals surface area contributed by atoms with Crippen molar-refractivity contribution in [2.45, 2.75) is 27.7 Å². The number of nitriles is 1. The van der Waals surface area contributed by atoms with E-state index in [1.165, 1.54) is 0 Å². The highest BCUT2D eigenvalue weighted by Crippen LogP contribution is 2.33. The zero-order valence-corrected chi connectivity index (χ0v) is 16.0. The number of thiophene rings is 1. The zero-order valence-electron chi connectivity index (χ0n) is 15.1. The van der Waals surface area contributed by atoms with Gasteiger partial charge in [-0.05, 0) is 44.9 Å². The molecule has 1 aromatic heterocycles. The number of esters is 1. The minimum atomic E-state index is -0.501. The van der Waals surface area contributed by atoms with Crippen molar-refractivity contribution in [3.8, 4) is 11.8 Å². The molecule has 136 valence electrons. The molecule has 0 atom stereocenters. The lowest BCUT2D eigenvalue weighted by Crippen LogP contribution is -2.20. The van der Waals surface area contributed by atoms with Crippen LogP contribution >= 0.6 is 11.3 Å². The van der Waals surface area contributed by atoms with Gasteiger partial charge in [-0.2, -0.15) is 5.26 Å². The third-order valence-electron chi connectivity index (χ3n) is 3.66. The second kappa shape index (κ2) is 8.50. The molecule has 2 rings (SSSR count). The largest absolute Gasteiger partial charge is 0.483 e. The quantitative estimate of drug-likeness (QED) is 0.780. The van der Waals surface area contributed by atoms with Gasteiger partial charge in [-0.1, -0.05) is 17.7 Å². The summed E-state index contributed by atoms with van der Waals surface area (Å²) < 4.78 is 10.5. The van der Waals surface area contributed by atoms with Gasteiger partial charge in [-0.25, -0.2) is 4.79 Å². The summed E-state index contributed by atoms with van der Waals surface area (Å²) in [6, 6.07) is 7.71. The normalized spacial score (nSPS) is 10.1. The highest BCUT2D eigenvalue weighted by atomic mass is 32.1. The van der Waals surface area contributed by atoms with E-state index in [0.29, 0.717) is 21.2 Å². The zero-order chi connectivity index (χ0) is 19.3. The van der Waals surface area contributed by atoms with Crippen LogP contribution in [0.1, 0.15) is 38.8 Å². The van der Waals surface area contributed by atoms with Crippen LogP contribution in [0.15, 0.2) is 18.2 Å². The molecule has 1 N–H and O–H groups in total. The van der Waals surface area contributed by atoms with E-state index in [4.69, 9.17) is 9.47 Å². The number of benzene rings is 1. The van der Waals surface area contributed by atoms with Crippen molar-refractivity contribution < 1.29 is 19.1 Å². The first-order valence-corrected chi connectivity index (χ1v) is 8.89. The molecule has 0 spiro atoms. The summed E-state index contributed by atoms with van der Waals surface area (Å²) in [5.74, 6) is -0.280. The third-order valence-corrected chi connectivity index (χ3v) is 4.85. The minimum Gasteiger partial charge on any atom is -0.483 e. The second-order valence-electron chi connectivity index (χ2n) is 5.70. The molecule has 1 aromatic carbocycles. The lowest BCUT2D eigenvalue weighted by molar-refractivity contribution is -0.118. The molecule has 26 heavy (non-hydrogen) atoms. The Hall–Kier alpha value is -2.85. The van der Waals surface area contributed by atoms with E-state index >= 15 is 0 Å². The first kappa shape index (κ1) is 19.5. The second-order valence-corrected chi connectivity index (χ2v) is 6.72. The van der Waals surface area contributed by atoms with Crippen LogP contribution in [-0.4, -0.2) is 25.1 Å². The van der Waals surface area contributed by atoms with Gasteiger partial charge < -0.3 is 14.8 Å². The molecule has 7 heteroatoms. The summed E-state index contributed by atoms with van der Waals surface area (Å²) in [5, 5.41) is 12.3. The monoisotopic (exact) mass is 372 g/mol. The number of carbonyl (C=O) groups is 2. The van der Waals surface area contributed by atoms with Crippen molar-refractivity contribution in [1.29, 1.82) is 5.26 Å². The topological polar surface area (TPSA) is 88.4 Å². The van der Waals surface area contributed by atoms with Gasteiger partial charge in [0.25, 0.3) is 5.91 Å². The van der Waals surface area contributed by atoms with Crippen LogP contribution in [0.25, 0.3) is 0 Å².